The van der Waals surface area contributed by atoms with Crippen LogP contribution in [0.4, 0.5) is 0 Å². The molecule has 0 aromatic heterocycles. The predicted molar refractivity (Wildman–Crippen MR) is 105 cm³/mol. The molecule has 2 aliphatic heterocycles. The molecule has 0 saturated carbocycles. The van der Waals surface area contributed by atoms with E-state index in [1.807, 2.05) is 24.0 Å². The molecular formula is C20H32N3O3S+. The minimum Gasteiger partial charge on any atom is -0.332 e. The number of amides is 1. The summed E-state index contributed by atoms with van der Waals surface area (Å²) in [6.07, 6.45) is 3.34. The Bertz CT molecular complexity index is 745. The highest BCUT2D eigenvalue weighted by Crippen LogP contribution is 2.22. The van der Waals surface area contributed by atoms with Crippen LogP contribution in [0.25, 0.3) is 0 Å². The second-order valence-electron chi connectivity index (χ2n) is 8.07. The van der Waals surface area contributed by atoms with Gasteiger partial charge in [-0.25, -0.2) is 8.42 Å². The van der Waals surface area contributed by atoms with E-state index in [0.29, 0.717) is 49.7 Å². The zero-order valence-corrected chi connectivity index (χ0v) is 17.5. The molecule has 27 heavy (non-hydrogen) atoms. The molecular weight excluding hydrogens is 362 g/mol. The average molecular weight is 395 g/mol. The van der Waals surface area contributed by atoms with Gasteiger partial charge in [-0.1, -0.05) is 17.7 Å². The zero-order chi connectivity index (χ0) is 19.6. The quantitative estimate of drug-likeness (QED) is 0.817. The third kappa shape index (κ3) is 4.52. The molecule has 0 bridgehead atoms. The molecule has 2 saturated heterocycles. The van der Waals surface area contributed by atoms with Gasteiger partial charge in [-0.2, -0.15) is 4.31 Å². The van der Waals surface area contributed by atoms with Crippen molar-refractivity contribution in [2.75, 3.05) is 32.7 Å². The van der Waals surface area contributed by atoms with Crippen molar-refractivity contribution in [2.24, 2.45) is 0 Å². The van der Waals surface area contributed by atoms with E-state index >= 15 is 0 Å². The Labute approximate surface area is 163 Å². The number of piperazine rings is 1. The molecule has 0 aliphatic carbocycles. The monoisotopic (exact) mass is 394 g/mol. The van der Waals surface area contributed by atoms with Gasteiger partial charge in [0.15, 0.2) is 6.54 Å². The summed E-state index contributed by atoms with van der Waals surface area (Å²) < 4.78 is 27.2. The van der Waals surface area contributed by atoms with E-state index < -0.39 is 10.0 Å². The summed E-state index contributed by atoms with van der Waals surface area (Å²) in [6, 6.07) is 7.62. The molecule has 7 heteroatoms. The van der Waals surface area contributed by atoms with Crippen LogP contribution in [0.3, 0.4) is 0 Å². The fourth-order valence-corrected chi connectivity index (χ4v) is 5.74. The maximum Gasteiger partial charge on any atom is 0.278 e. The summed E-state index contributed by atoms with van der Waals surface area (Å²) in [5.41, 5.74) is 1.04. The summed E-state index contributed by atoms with van der Waals surface area (Å²) >= 11 is 0. The van der Waals surface area contributed by atoms with Crippen LogP contribution >= 0.6 is 0 Å². The van der Waals surface area contributed by atoms with Gasteiger partial charge in [0, 0.05) is 12.1 Å². The van der Waals surface area contributed by atoms with Gasteiger partial charge in [-0.3, -0.25) is 4.79 Å². The van der Waals surface area contributed by atoms with Crippen LogP contribution in [0.5, 0.6) is 0 Å². The van der Waals surface area contributed by atoms with Crippen LogP contribution in [-0.4, -0.2) is 68.3 Å². The van der Waals surface area contributed by atoms with Gasteiger partial charge in [0.05, 0.1) is 31.1 Å². The zero-order valence-electron chi connectivity index (χ0n) is 16.6. The first kappa shape index (κ1) is 20.3. The number of nitrogens with one attached hydrogen (secondary N) is 1. The second-order valence-corrected chi connectivity index (χ2v) is 10.0. The summed E-state index contributed by atoms with van der Waals surface area (Å²) in [6.45, 7) is 8.95. The maximum atomic E-state index is 12.8. The van der Waals surface area contributed by atoms with Crippen LogP contribution in [0.15, 0.2) is 29.2 Å². The Hall–Kier alpha value is -1.44. The lowest BCUT2D eigenvalue weighted by molar-refractivity contribution is -0.896. The number of aryl methyl sites for hydroxylation is 1. The minimum absolute atomic E-state index is 0.208. The molecule has 2 fully saturated rings. The standard InChI is InChI=1S/C20H31N3O3S/c1-16-7-9-19(10-8-16)27(25,26)22-13-11-21(12-14-22)15-20(24)23-17(2)5-4-6-18(23)3/h7-10,17-18H,4-6,11-15H2,1-3H3/p+1/t17-,18-/m1/s1. The van der Waals surface area contributed by atoms with Crippen molar-refractivity contribution < 1.29 is 18.1 Å². The third-order valence-electron chi connectivity index (χ3n) is 5.97. The number of hydrogen-bond acceptors (Lipinski definition) is 3. The molecule has 1 N–H and O–H groups in total. The van der Waals surface area contributed by atoms with Crippen molar-refractivity contribution in [2.45, 2.75) is 57.0 Å². The van der Waals surface area contributed by atoms with Crippen molar-refractivity contribution in [3.05, 3.63) is 29.8 Å². The van der Waals surface area contributed by atoms with E-state index in [1.165, 1.54) is 11.3 Å². The van der Waals surface area contributed by atoms with Gasteiger partial charge in [-0.15, -0.1) is 0 Å². The van der Waals surface area contributed by atoms with Crippen LogP contribution in [0.1, 0.15) is 38.7 Å². The smallest absolute Gasteiger partial charge is 0.278 e. The Balaban J connectivity index is 1.57. The van der Waals surface area contributed by atoms with E-state index in [4.69, 9.17) is 0 Å². The van der Waals surface area contributed by atoms with Crippen molar-refractivity contribution in [3.63, 3.8) is 0 Å². The molecule has 1 aromatic carbocycles. The van der Waals surface area contributed by atoms with E-state index in [1.54, 1.807) is 16.4 Å². The van der Waals surface area contributed by atoms with Gasteiger partial charge in [-0.05, 0) is 52.2 Å². The van der Waals surface area contributed by atoms with Crippen molar-refractivity contribution in [3.8, 4) is 0 Å². The first-order valence-corrected chi connectivity index (χ1v) is 11.4. The Morgan fingerprint density at radius 3 is 2.19 bits per heavy atom. The number of sulfonamides is 1. The van der Waals surface area contributed by atoms with E-state index in [0.717, 1.165) is 18.4 Å². The molecule has 1 aromatic rings. The first-order valence-electron chi connectivity index (χ1n) is 10.0. The van der Waals surface area contributed by atoms with Crippen molar-refractivity contribution >= 4 is 15.9 Å². The van der Waals surface area contributed by atoms with Crippen molar-refractivity contribution in [1.82, 2.24) is 9.21 Å². The average Bonchev–Trinajstić information content (AvgIpc) is 2.62. The van der Waals surface area contributed by atoms with E-state index in [9.17, 15) is 13.2 Å². The number of nitrogens with zero attached hydrogens (tertiary/aromatic N) is 2. The van der Waals surface area contributed by atoms with Gasteiger partial charge in [0.2, 0.25) is 10.0 Å². The van der Waals surface area contributed by atoms with Crippen LogP contribution < -0.4 is 4.90 Å². The molecule has 150 valence electrons. The lowest BCUT2D eigenvalue weighted by atomic mass is 9.97. The fraction of sp³-hybridized carbons (Fsp3) is 0.650. The number of rotatable bonds is 4. The second kappa shape index (κ2) is 8.29. The lowest BCUT2D eigenvalue weighted by Gasteiger charge is -2.40. The molecule has 0 spiro atoms. The Morgan fingerprint density at radius 2 is 1.63 bits per heavy atom. The number of quaternary nitrogens is 1. The van der Waals surface area contributed by atoms with Crippen LogP contribution in [-0.2, 0) is 14.8 Å². The normalized spacial score (nSPS) is 25.5. The highest BCUT2D eigenvalue weighted by atomic mass is 32.2. The first-order chi connectivity index (χ1) is 12.8. The number of benzene rings is 1. The summed E-state index contributed by atoms with van der Waals surface area (Å²) in [4.78, 5) is 16.4. The lowest BCUT2D eigenvalue weighted by Crippen LogP contribution is -3.15. The molecule has 2 atom stereocenters. The summed E-state index contributed by atoms with van der Waals surface area (Å²) in [5, 5.41) is 0. The number of carbonyl (C=O) groups excluding carboxylic acids is 1. The van der Waals surface area contributed by atoms with Crippen LogP contribution in [0, 0.1) is 6.92 Å². The van der Waals surface area contributed by atoms with E-state index in [2.05, 4.69) is 13.8 Å². The molecule has 2 heterocycles. The number of likely N-dealkylation sites (tertiary alicyclic amines) is 1. The molecule has 6 nitrogen and oxygen atoms in total. The largest absolute Gasteiger partial charge is 0.332 e. The number of hydrogen-bond donors (Lipinski definition) is 1. The highest BCUT2D eigenvalue weighted by Gasteiger charge is 2.34. The molecule has 2 aliphatic rings. The molecule has 1 amide bonds. The third-order valence-corrected chi connectivity index (χ3v) is 7.88. The fourth-order valence-electron chi connectivity index (χ4n) is 4.30. The van der Waals surface area contributed by atoms with E-state index in [-0.39, 0.29) is 5.91 Å². The SMILES string of the molecule is Cc1ccc(S(=O)(=O)N2CC[NH+](CC(=O)N3[C@H](C)CCC[C@H]3C)CC2)cc1. The Morgan fingerprint density at radius 1 is 1.07 bits per heavy atom. The molecule has 3 rings (SSSR count). The van der Waals surface area contributed by atoms with Gasteiger partial charge in [0.25, 0.3) is 5.91 Å². The number of carbonyl (C=O) groups is 1. The summed E-state index contributed by atoms with van der Waals surface area (Å²) in [5.74, 6) is 0.208. The summed E-state index contributed by atoms with van der Waals surface area (Å²) in [7, 11) is -3.44. The maximum absolute atomic E-state index is 12.8. The Kier molecular flexibility index (Phi) is 6.23. The highest BCUT2D eigenvalue weighted by molar-refractivity contribution is 7.89. The molecule has 0 unspecified atom stereocenters. The number of piperidine rings is 1. The van der Waals surface area contributed by atoms with Gasteiger partial charge < -0.3 is 9.80 Å². The topological polar surface area (TPSA) is 62.1 Å². The van der Waals surface area contributed by atoms with Gasteiger partial charge >= 0.3 is 0 Å². The predicted octanol–water partition coefficient (Wildman–Crippen LogP) is 0.674. The van der Waals surface area contributed by atoms with Gasteiger partial charge in [0.1, 0.15) is 0 Å². The van der Waals surface area contributed by atoms with Crippen molar-refractivity contribution in [1.29, 1.82) is 0 Å². The molecule has 0 radical (unpaired) electrons. The van der Waals surface area contributed by atoms with Crippen LogP contribution in [0.2, 0.25) is 0 Å². The minimum atomic E-state index is -3.44.